The highest BCUT2D eigenvalue weighted by Crippen LogP contribution is 2.50. The predicted molar refractivity (Wildman–Crippen MR) is 114 cm³/mol. The number of amides is 1. The number of Topliss-reactive ketones (excluding diaryl/α,β-unsaturated/α-hetero) is 1. The molecular formula is C21H15Cl2N3O4. The van der Waals surface area contributed by atoms with Gasteiger partial charge in [-0.15, -0.1) is 0 Å². The van der Waals surface area contributed by atoms with Crippen LogP contribution >= 0.6 is 23.2 Å². The normalized spacial score (nSPS) is 17.8. The van der Waals surface area contributed by atoms with E-state index in [0.29, 0.717) is 49.0 Å². The van der Waals surface area contributed by atoms with Gasteiger partial charge >= 0.3 is 0 Å². The van der Waals surface area contributed by atoms with Crippen LogP contribution in [0.2, 0.25) is 10.0 Å². The van der Waals surface area contributed by atoms with Crippen molar-refractivity contribution in [3.05, 3.63) is 52.0 Å². The van der Waals surface area contributed by atoms with Crippen LogP contribution in [0.3, 0.4) is 0 Å². The number of likely N-dealkylation sites (N-methyl/N-ethyl adjacent to an activating group) is 1. The summed E-state index contributed by atoms with van der Waals surface area (Å²) in [6.07, 6.45) is 0. The molecule has 152 valence electrons. The Morgan fingerprint density at radius 1 is 1.17 bits per heavy atom. The molecule has 2 aromatic carbocycles. The lowest BCUT2D eigenvalue weighted by molar-refractivity contribution is -0.142. The first-order valence-electron chi connectivity index (χ1n) is 9.02. The van der Waals surface area contributed by atoms with Crippen LogP contribution in [0.25, 0.3) is 33.2 Å². The maximum atomic E-state index is 13.6. The molecule has 1 aliphatic rings. The second kappa shape index (κ2) is 6.25. The number of methoxy groups -OCH3 is 1. The van der Waals surface area contributed by atoms with E-state index in [9.17, 15) is 14.7 Å². The summed E-state index contributed by atoms with van der Waals surface area (Å²) in [5, 5.41) is 15.9. The van der Waals surface area contributed by atoms with Crippen LogP contribution in [0.4, 0.5) is 0 Å². The predicted octanol–water partition coefficient (Wildman–Crippen LogP) is 3.69. The summed E-state index contributed by atoms with van der Waals surface area (Å²) in [6.45, 7) is 0. The van der Waals surface area contributed by atoms with Crippen LogP contribution in [-0.2, 0) is 10.5 Å². The zero-order valence-electron chi connectivity index (χ0n) is 15.8. The van der Waals surface area contributed by atoms with E-state index in [1.807, 2.05) is 0 Å². The van der Waals surface area contributed by atoms with Gasteiger partial charge in [0.15, 0.2) is 5.75 Å². The molecule has 30 heavy (non-hydrogen) atoms. The van der Waals surface area contributed by atoms with Crippen molar-refractivity contribution in [2.45, 2.75) is 5.72 Å². The average Bonchev–Trinajstić information content (AvgIpc) is 3.26. The summed E-state index contributed by atoms with van der Waals surface area (Å²) in [5.41, 5.74) is -0.517. The maximum Gasteiger partial charge on any atom is 0.289 e. The quantitative estimate of drug-likeness (QED) is 0.411. The SMILES string of the molecule is CNC(=O)[C@@]1(O)C(=O)c2c([nH]c3ccc(Cl)cc23)-c2c(OC)c3cc(Cl)ccc3n21. The number of nitrogens with zero attached hydrogens (tertiary/aromatic N) is 1. The van der Waals surface area contributed by atoms with Crippen molar-refractivity contribution in [1.82, 2.24) is 14.9 Å². The number of benzene rings is 2. The molecule has 1 atom stereocenters. The molecule has 4 aromatic rings. The van der Waals surface area contributed by atoms with Gasteiger partial charge in [0.1, 0.15) is 5.69 Å². The molecule has 7 nitrogen and oxygen atoms in total. The fourth-order valence-electron chi connectivity index (χ4n) is 4.24. The van der Waals surface area contributed by atoms with E-state index in [0.717, 1.165) is 0 Å². The van der Waals surface area contributed by atoms with Gasteiger partial charge in [0, 0.05) is 33.4 Å². The number of aliphatic hydroxyl groups is 1. The third-order valence-electron chi connectivity index (χ3n) is 5.50. The van der Waals surface area contributed by atoms with E-state index in [2.05, 4.69) is 10.3 Å². The summed E-state index contributed by atoms with van der Waals surface area (Å²) >= 11 is 12.3. The number of nitrogens with one attached hydrogen (secondary N) is 2. The second-order valence-corrected chi connectivity index (χ2v) is 7.90. The van der Waals surface area contributed by atoms with Gasteiger partial charge < -0.3 is 20.1 Å². The highest BCUT2D eigenvalue weighted by atomic mass is 35.5. The van der Waals surface area contributed by atoms with Gasteiger partial charge in [0.25, 0.3) is 11.6 Å². The number of hydrogen-bond donors (Lipinski definition) is 3. The van der Waals surface area contributed by atoms with Gasteiger partial charge in [-0.05, 0) is 36.4 Å². The molecule has 0 saturated heterocycles. The molecule has 0 spiro atoms. The van der Waals surface area contributed by atoms with Crippen molar-refractivity contribution >= 4 is 56.7 Å². The minimum atomic E-state index is -2.53. The molecule has 0 unspecified atom stereocenters. The molecule has 9 heteroatoms. The summed E-state index contributed by atoms with van der Waals surface area (Å²) in [6, 6.07) is 9.96. The van der Waals surface area contributed by atoms with E-state index in [4.69, 9.17) is 27.9 Å². The minimum Gasteiger partial charge on any atom is -0.494 e. The van der Waals surface area contributed by atoms with E-state index in [-0.39, 0.29) is 5.56 Å². The number of H-pyrrole nitrogens is 1. The smallest absolute Gasteiger partial charge is 0.289 e. The number of aromatic amines is 1. The fourth-order valence-corrected chi connectivity index (χ4v) is 4.58. The van der Waals surface area contributed by atoms with Gasteiger partial charge in [-0.2, -0.15) is 0 Å². The van der Waals surface area contributed by atoms with Gasteiger partial charge in [0.05, 0.1) is 23.9 Å². The average molecular weight is 444 g/mol. The zero-order chi connectivity index (χ0) is 21.4. The van der Waals surface area contributed by atoms with E-state index in [1.54, 1.807) is 36.4 Å². The number of hydrogen-bond acceptors (Lipinski definition) is 4. The van der Waals surface area contributed by atoms with Crippen LogP contribution in [0, 0.1) is 0 Å². The van der Waals surface area contributed by atoms with Crippen molar-refractivity contribution in [1.29, 1.82) is 0 Å². The van der Waals surface area contributed by atoms with E-state index >= 15 is 0 Å². The van der Waals surface area contributed by atoms with Crippen molar-refractivity contribution in [3.8, 4) is 17.1 Å². The number of ether oxygens (including phenoxy) is 1. The number of carbonyl (C=O) groups excluding carboxylic acids is 2. The summed E-state index contributed by atoms with van der Waals surface area (Å²) < 4.78 is 6.95. The first kappa shape index (κ1) is 19.0. The van der Waals surface area contributed by atoms with E-state index in [1.165, 1.54) is 18.7 Å². The van der Waals surface area contributed by atoms with Gasteiger partial charge in [-0.1, -0.05) is 23.2 Å². The van der Waals surface area contributed by atoms with Crippen LogP contribution in [-0.4, -0.2) is 40.5 Å². The van der Waals surface area contributed by atoms with Crippen LogP contribution in [0.15, 0.2) is 36.4 Å². The largest absolute Gasteiger partial charge is 0.494 e. The summed E-state index contributed by atoms with van der Waals surface area (Å²) in [7, 11) is 2.83. The fraction of sp³-hybridized carbons (Fsp3) is 0.143. The first-order valence-corrected chi connectivity index (χ1v) is 9.78. The molecule has 0 aliphatic carbocycles. The van der Waals surface area contributed by atoms with Crippen LogP contribution in [0.5, 0.6) is 5.75 Å². The molecule has 0 saturated carbocycles. The van der Waals surface area contributed by atoms with Crippen molar-refractivity contribution in [2.24, 2.45) is 0 Å². The van der Waals surface area contributed by atoms with Gasteiger partial charge in [-0.3, -0.25) is 14.2 Å². The van der Waals surface area contributed by atoms with Crippen molar-refractivity contribution in [3.63, 3.8) is 0 Å². The number of carbonyl (C=O) groups is 2. The number of halogens is 2. The number of ketones is 1. The third kappa shape index (κ3) is 2.19. The molecule has 0 bridgehead atoms. The van der Waals surface area contributed by atoms with Crippen LogP contribution in [0.1, 0.15) is 10.4 Å². The lowest BCUT2D eigenvalue weighted by atomic mass is 9.91. The number of aromatic nitrogens is 2. The Bertz CT molecular complexity index is 1400. The Kier molecular flexibility index (Phi) is 3.96. The van der Waals surface area contributed by atoms with Crippen LogP contribution < -0.4 is 10.1 Å². The molecule has 3 heterocycles. The third-order valence-corrected chi connectivity index (χ3v) is 5.97. The zero-order valence-corrected chi connectivity index (χ0v) is 17.4. The molecular weight excluding hydrogens is 429 g/mol. The van der Waals surface area contributed by atoms with E-state index < -0.39 is 17.4 Å². The summed E-state index contributed by atoms with van der Waals surface area (Å²) in [5.74, 6) is -1.26. The molecule has 1 aliphatic heterocycles. The maximum absolute atomic E-state index is 13.6. The molecule has 2 aromatic heterocycles. The molecule has 0 radical (unpaired) electrons. The Labute approximate surface area is 180 Å². The first-order chi connectivity index (χ1) is 14.3. The Balaban J connectivity index is 2.04. The lowest BCUT2D eigenvalue weighted by Gasteiger charge is -2.32. The lowest BCUT2D eigenvalue weighted by Crippen LogP contribution is -2.55. The van der Waals surface area contributed by atoms with Crippen molar-refractivity contribution < 1.29 is 19.4 Å². The highest BCUT2D eigenvalue weighted by Gasteiger charge is 2.54. The van der Waals surface area contributed by atoms with Crippen molar-refractivity contribution in [2.75, 3.05) is 14.2 Å². The van der Waals surface area contributed by atoms with Gasteiger partial charge in [-0.25, -0.2) is 0 Å². The second-order valence-electron chi connectivity index (χ2n) is 7.02. The molecule has 3 N–H and O–H groups in total. The Morgan fingerprint density at radius 3 is 2.50 bits per heavy atom. The molecule has 5 rings (SSSR count). The molecule has 1 amide bonds. The Morgan fingerprint density at radius 2 is 1.83 bits per heavy atom. The Hall–Kier alpha value is -3.00. The standard InChI is InChI=1S/C21H15Cl2N3O4/c1-24-20(28)21(29)19(27)15-11-7-9(22)3-5-13(11)25-16(15)17-18(30-2)12-8-10(23)4-6-14(12)26(17)21/h3-8,25,29H,1-2H3,(H,24,28)/t21-/m0/s1. The highest BCUT2D eigenvalue weighted by molar-refractivity contribution is 6.33. The summed E-state index contributed by atoms with van der Waals surface area (Å²) in [4.78, 5) is 29.8. The minimum absolute atomic E-state index is 0.165. The van der Waals surface area contributed by atoms with Gasteiger partial charge in [0.2, 0.25) is 5.78 Å². The number of rotatable bonds is 2. The molecule has 0 fully saturated rings. The monoisotopic (exact) mass is 443 g/mol. The number of fused-ring (bicyclic) bond motifs is 7. The topological polar surface area (TPSA) is 96.3 Å².